The smallest absolute Gasteiger partial charge is 0.141 e. The van der Waals surface area contributed by atoms with Gasteiger partial charge in [0, 0.05) is 18.9 Å². The summed E-state index contributed by atoms with van der Waals surface area (Å²) in [5.41, 5.74) is 6.29. The summed E-state index contributed by atoms with van der Waals surface area (Å²) in [6.07, 6.45) is 1.99. The molecule has 0 amide bonds. The van der Waals surface area contributed by atoms with Crippen LogP contribution in [0.5, 0.6) is 0 Å². The Hall–Kier alpha value is -0.930. The van der Waals surface area contributed by atoms with Gasteiger partial charge in [0.1, 0.15) is 11.6 Å². The molecule has 0 spiro atoms. The first-order chi connectivity index (χ1) is 8.08. The predicted octanol–water partition coefficient (Wildman–Crippen LogP) is 2.97. The fourth-order valence-corrected chi connectivity index (χ4v) is 1.96. The number of nitrogens with two attached hydrogens (primary N) is 1. The molecular weight excluding hydrogens is 241 g/mol. The van der Waals surface area contributed by atoms with Gasteiger partial charge in [-0.3, -0.25) is 4.79 Å². The number of benzene rings is 1. The highest BCUT2D eigenvalue weighted by atomic mass is 35.5. The number of carbonyl (C=O) groups excluding carboxylic acids is 1. The van der Waals surface area contributed by atoms with Crippen molar-refractivity contribution in [2.45, 2.75) is 26.2 Å². The van der Waals surface area contributed by atoms with Crippen LogP contribution in [0.1, 0.15) is 25.3 Å². The number of halogens is 2. The maximum Gasteiger partial charge on any atom is 0.141 e. The minimum Gasteiger partial charge on any atom is -0.330 e. The molecule has 0 aromatic heterocycles. The van der Waals surface area contributed by atoms with E-state index >= 15 is 0 Å². The zero-order chi connectivity index (χ0) is 12.8. The molecule has 17 heavy (non-hydrogen) atoms. The van der Waals surface area contributed by atoms with Gasteiger partial charge >= 0.3 is 0 Å². The van der Waals surface area contributed by atoms with Gasteiger partial charge in [-0.2, -0.15) is 0 Å². The Balaban J connectivity index is 2.69. The lowest BCUT2D eigenvalue weighted by molar-refractivity contribution is -0.122. The van der Waals surface area contributed by atoms with Crippen LogP contribution in [-0.2, 0) is 11.2 Å². The standard InChI is InChI=1S/C13H17ClFNO/c1-2-3-10(8-16)13(17)7-9-4-5-12(15)11(14)6-9/h4-6,10H,2-3,7-8,16H2,1H3. The van der Waals surface area contributed by atoms with Gasteiger partial charge in [0.15, 0.2) is 0 Å². The van der Waals surface area contributed by atoms with Crippen molar-refractivity contribution < 1.29 is 9.18 Å². The van der Waals surface area contributed by atoms with E-state index in [-0.39, 0.29) is 23.1 Å². The number of hydrogen-bond acceptors (Lipinski definition) is 2. The zero-order valence-corrected chi connectivity index (χ0v) is 10.6. The topological polar surface area (TPSA) is 43.1 Å². The molecule has 1 rings (SSSR count). The molecule has 2 nitrogen and oxygen atoms in total. The van der Waals surface area contributed by atoms with E-state index in [1.807, 2.05) is 6.92 Å². The molecule has 1 aromatic rings. The molecule has 1 aromatic carbocycles. The maximum absolute atomic E-state index is 12.9. The highest BCUT2D eigenvalue weighted by Gasteiger charge is 2.16. The van der Waals surface area contributed by atoms with Crippen LogP contribution in [0.3, 0.4) is 0 Å². The van der Waals surface area contributed by atoms with Gasteiger partial charge in [-0.1, -0.05) is 31.0 Å². The first-order valence-electron chi connectivity index (χ1n) is 5.75. The van der Waals surface area contributed by atoms with Crippen LogP contribution in [0.25, 0.3) is 0 Å². The minimum absolute atomic E-state index is 0.0510. The molecule has 0 saturated carbocycles. The monoisotopic (exact) mass is 257 g/mol. The van der Waals surface area contributed by atoms with E-state index in [4.69, 9.17) is 17.3 Å². The first-order valence-corrected chi connectivity index (χ1v) is 6.13. The Morgan fingerprint density at radius 1 is 1.53 bits per heavy atom. The minimum atomic E-state index is -0.466. The van der Waals surface area contributed by atoms with Crippen LogP contribution < -0.4 is 5.73 Å². The van der Waals surface area contributed by atoms with Crippen LogP contribution in [0.15, 0.2) is 18.2 Å². The Bertz CT molecular complexity index is 395. The summed E-state index contributed by atoms with van der Waals surface area (Å²) in [6, 6.07) is 4.36. The highest BCUT2D eigenvalue weighted by molar-refractivity contribution is 6.30. The maximum atomic E-state index is 12.9. The molecule has 0 aliphatic rings. The normalized spacial score (nSPS) is 12.5. The molecule has 94 valence electrons. The Labute approximate surface area is 106 Å². The summed E-state index contributed by atoms with van der Waals surface area (Å²) in [7, 11) is 0. The highest BCUT2D eigenvalue weighted by Crippen LogP contribution is 2.18. The Morgan fingerprint density at radius 2 is 2.24 bits per heavy atom. The van der Waals surface area contributed by atoms with Gasteiger partial charge in [0.05, 0.1) is 5.02 Å². The third-order valence-electron chi connectivity index (χ3n) is 2.74. The van der Waals surface area contributed by atoms with E-state index in [2.05, 4.69) is 0 Å². The van der Waals surface area contributed by atoms with Crippen LogP contribution >= 0.6 is 11.6 Å². The van der Waals surface area contributed by atoms with Crippen LogP contribution in [-0.4, -0.2) is 12.3 Å². The zero-order valence-electron chi connectivity index (χ0n) is 9.88. The Morgan fingerprint density at radius 3 is 2.76 bits per heavy atom. The third-order valence-corrected chi connectivity index (χ3v) is 3.03. The van der Waals surface area contributed by atoms with Crippen molar-refractivity contribution >= 4 is 17.4 Å². The summed E-state index contributed by atoms with van der Waals surface area (Å²) in [5.74, 6) is -0.479. The van der Waals surface area contributed by atoms with Crippen LogP contribution in [0.4, 0.5) is 4.39 Å². The SMILES string of the molecule is CCCC(CN)C(=O)Cc1ccc(F)c(Cl)c1. The molecule has 0 saturated heterocycles. The second-order valence-corrected chi connectivity index (χ2v) is 4.52. The van der Waals surface area contributed by atoms with E-state index in [1.165, 1.54) is 12.1 Å². The summed E-state index contributed by atoms with van der Waals surface area (Å²) >= 11 is 5.66. The average Bonchev–Trinajstić information content (AvgIpc) is 2.30. The van der Waals surface area contributed by atoms with Crippen LogP contribution in [0, 0.1) is 11.7 Å². The molecule has 2 N–H and O–H groups in total. The quantitative estimate of drug-likeness (QED) is 0.851. The molecular formula is C13H17ClFNO. The molecule has 0 aliphatic carbocycles. The lowest BCUT2D eigenvalue weighted by atomic mass is 9.94. The van der Waals surface area contributed by atoms with E-state index < -0.39 is 5.82 Å². The fourth-order valence-electron chi connectivity index (χ4n) is 1.75. The van der Waals surface area contributed by atoms with Gasteiger partial charge in [0.25, 0.3) is 0 Å². The molecule has 0 bridgehead atoms. The lowest BCUT2D eigenvalue weighted by Crippen LogP contribution is -2.25. The van der Waals surface area contributed by atoms with Crippen molar-refractivity contribution in [1.29, 1.82) is 0 Å². The molecule has 0 heterocycles. The number of carbonyl (C=O) groups is 1. The molecule has 1 atom stereocenters. The van der Waals surface area contributed by atoms with Crippen molar-refractivity contribution in [1.82, 2.24) is 0 Å². The average molecular weight is 258 g/mol. The molecule has 0 radical (unpaired) electrons. The molecule has 0 aliphatic heterocycles. The van der Waals surface area contributed by atoms with Gasteiger partial charge < -0.3 is 5.73 Å². The number of rotatable bonds is 6. The second-order valence-electron chi connectivity index (χ2n) is 4.11. The summed E-state index contributed by atoms with van der Waals surface area (Å²) in [5, 5.41) is 0.0510. The van der Waals surface area contributed by atoms with Crippen molar-refractivity contribution in [3.05, 3.63) is 34.6 Å². The van der Waals surface area contributed by atoms with Gasteiger partial charge in [0.2, 0.25) is 0 Å². The van der Waals surface area contributed by atoms with E-state index in [9.17, 15) is 9.18 Å². The summed E-state index contributed by atoms with van der Waals surface area (Å²) in [6.45, 7) is 2.38. The predicted molar refractivity (Wildman–Crippen MR) is 67.6 cm³/mol. The first kappa shape index (κ1) is 14.1. The number of ketones is 1. The van der Waals surface area contributed by atoms with Gasteiger partial charge in [-0.05, 0) is 24.1 Å². The Kier molecular flexibility index (Phi) is 5.59. The van der Waals surface area contributed by atoms with Gasteiger partial charge in [-0.15, -0.1) is 0 Å². The molecule has 1 unspecified atom stereocenters. The number of Topliss-reactive ketones (excluding diaryl/α,β-unsaturated/α-hetero) is 1. The summed E-state index contributed by atoms with van der Waals surface area (Å²) in [4.78, 5) is 11.9. The van der Waals surface area contributed by atoms with E-state index in [0.717, 1.165) is 18.4 Å². The van der Waals surface area contributed by atoms with Crippen molar-refractivity contribution in [3.63, 3.8) is 0 Å². The fraction of sp³-hybridized carbons (Fsp3) is 0.462. The van der Waals surface area contributed by atoms with Gasteiger partial charge in [-0.25, -0.2) is 4.39 Å². The van der Waals surface area contributed by atoms with E-state index in [1.54, 1.807) is 6.07 Å². The second kappa shape index (κ2) is 6.72. The molecule has 0 fully saturated rings. The van der Waals surface area contributed by atoms with Crippen molar-refractivity contribution in [2.24, 2.45) is 11.7 Å². The number of hydrogen-bond donors (Lipinski definition) is 1. The lowest BCUT2D eigenvalue weighted by Gasteiger charge is -2.12. The van der Waals surface area contributed by atoms with Crippen molar-refractivity contribution in [2.75, 3.05) is 6.54 Å². The largest absolute Gasteiger partial charge is 0.330 e. The third kappa shape index (κ3) is 4.10. The van der Waals surface area contributed by atoms with E-state index in [0.29, 0.717) is 6.54 Å². The van der Waals surface area contributed by atoms with Crippen LogP contribution in [0.2, 0.25) is 5.02 Å². The summed E-state index contributed by atoms with van der Waals surface area (Å²) < 4.78 is 12.9. The van der Waals surface area contributed by atoms with Crippen molar-refractivity contribution in [3.8, 4) is 0 Å². The molecule has 4 heteroatoms.